The van der Waals surface area contributed by atoms with Crippen LogP contribution in [-0.4, -0.2) is 32.2 Å². The molecule has 170 valence electrons. The minimum atomic E-state index is -0.678. The number of esters is 1. The largest absolute Gasteiger partial charge is 0.465 e. The van der Waals surface area contributed by atoms with Gasteiger partial charge in [0.15, 0.2) is 0 Å². The van der Waals surface area contributed by atoms with Gasteiger partial charge in [0.2, 0.25) is 5.89 Å². The second-order valence-corrected chi connectivity index (χ2v) is 8.07. The van der Waals surface area contributed by atoms with Crippen molar-refractivity contribution in [1.29, 1.82) is 0 Å². The van der Waals surface area contributed by atoms with E-state index in [0.29, 0.717) is 23.0 Å². The first-order valence-electron chi connectivity index (χ1n) is 10.4. The van der Waals surface area contributed by atoms with Crippen LogP contribution in [0.5, 0.6) is 0 Å². The quantitative estimate of drug-likeness (QED) is 0.442. The predicted octanol–water partition coefficient (Wildman–Crippen LogP) is 2.82. The van der Waals surface area contributed by atoms with Gasteiger partial charge in [-0.05, 0) is 45.4 Å². The van der Waals surface area contributed by atoms with Crippen LogP contribution in [0.3, 0.4) is 0 Å². The Labute approximate surface area is 189 Å². The summed E-state index contributed by atoms with van der Waals surface area (Å²) in [6, 6.07) is 7.44. The molecule has 33 heavy (non-hydrogen) atoms. The normalized spacial score (nSPS) is 11.2. The molecule has 0 atom stereocenters. The highest BCUT2D eigenvalue weighted by Gasteiger charge is 2.22. The van der Waals surface area contributed by atoms with Crippen molar-refractivity contribution in [3.63, 3.8) is 0 Å². The number of carbonyl (C=O) groups is 1. The number of hydrogen-bond acceptors (Lipinski definition) is 7. The third kappa shape index (κ3) is 3.75. The molecule has 0 amide bonds. The van der Waals surface area contributed by atoms with E-state index in [1.54, 1.807) is 13.8 Å². The molecule has 0 saturated heterocycles. The molecule has 4 aromatic rings. The molecule has 9 heteroatoms. The van der Waals surface area contributed by atoms with Crippen LogP contribution in [0.1, 0.15) is 38.6 Å². The van der Waals surface area contributed by atoms with Crippen molar-refractivity contribution >= 4 is 17.0 Å². The Hall–Kier alpha value is -4.01. The molecule has 0 saturated carbocycles. The van der Waals surface area contributed by atoms with Gasteiger partial charge in [0.25, 0.3) is 5.56 Å². The summed E-state index contributed by atoms with van der Waals surface area (Å²) < 4.78 is 13.0. The van der Waals surface area contributed by atoms with Gasteiger partial charge in [-0.2, -0.15) is 0 Å². The standard InChI is InChI=1S/C24H24N4O5/c1-12-7-8-13(2)16(9-12)21-26-18(15(4)33-21)11-28-22(29)19-17(23(30)32-6)10-14(3)25-20(19)27(5)24(28)31/h7-10H,11H2,1-6H3. The number of ether oxygens (including phenoxy) is 1. The molecule has 0 bridgehead atoms. The average Bonchev–Trinajstić information content (AvgIpc) is 3.15. The van der Waals surface area contributed by atoms with Crippen molar-refractivity contribution < 1.29 is 13.9 Å². The van der Waals surface area contributed by atoms with Crippen LogP contribution in [0, 0.1) is 27.7 Å². The summed E-state index contributed by atoms with van der Waals surface area (Å²) in [7, 11) is 2.74. The SMILES string of the molecule is COC(=O)c1cc(C)nc2c1c(=O)n(Cc1nc(-c3cc(C)ccc3C)oc1C)c(=O)n2C. The van der Waals surface area contributed by atoms with E-state index in [0.717, 1.165) is 21.3 Å². The Balaban J connectivity index is 1.90. The highest BCUT2D eigenvalue weighted by atomic mass is 16.5. The van der Waals surface area contributed by atoms with Crippen LogP contribution in [0.15, 0.2) is 38.3 Å². The minimum absolute atomic E-state index is 0.0189. The molecule has 9 nitrogen and oxygen atoms in total. The maximum atomic E-state index is 13.4. The number of hydrogen-bond donors (Lipinski definition) is 0. The van der Waals surface area contributed by atoms with Gasteiger partial charge in [-0.1, -0.05) is 17.7 Å². The molecule has 0 unspecified atom stereocenters. The van der Waals surface area contributed by atoms with Crippen molar-refractivity contribution in [2.24, 2.45) is 7.05 Å². The van der Waals surface area contributed by atoms with E-state index in [4.69, 9.17) is 9.15 Å². The number of benzene rings is 1. The van der Waals surface area contributed by atoms with Crippen molar-refractivity contribution in [3.8, 4) is 11.5 Å². The predicted molar refractivity (Wildman–Crippen MR) is 123 cm³/mol. The smallest absolute Gasteiger partial charge is 0.338 e. The number of oxazole rings is 1. The lowest BCUT2D eigenvalue weighted by atomic mass is 10.1. The summed E-state index contributed by atoms with van der Waals surface area (Å²) in [5, 5.41) is 0.0189. The maximum absolute atomic E-state index is 13.4. The zero-order chi connectivity index (χ0) is 24.0. The van der Waals surface area contributed by atoms with Crippen LogP contribution in [0.4, 0.5) is 0 Å². The zero-order valence-electron chi connectivity index (χ0n) is 19.3. The number of fused-ring (bicyclic) bond motifs is 1. The summed E-state index contributed by atoms with van der Waals surface area (Å²) in [4.78, 5) is 47.7. The molecule has 1 aromatic carbocycles. The lowest BCUT2D eigenvalue weighted by Gasteiger charge is -2.12. The number of carbonyl (C=O) groups excluding carboxylic acids is 1. The van der Waals surface area contributed by atoms with E-state index in [1.165, 1.54) is 24.8 Å². The molecule has 0 aliphatic rings. The Morgan fingerprint density at radius 1 is 1.09 bits per heavy atom. The van der Waals surface area contributed by atoms with E-state index in [2.05, 4.69) is 9.97 Å². The Morgan fingerprint density at radius 3 is 2.52 bits per heavy atom. The van der Waals surface area contributed by atoms with E-state index < -0.39 is 17.2 Å². The number of rotatable bonds is 4. The molecular formula is C24H24N4O5. The third-order valence-corrected chi connectivity index (χ3v) is 5.65. The second-order valence-electron chi connectivity index (χ2n) is 8.07. The number of aryl methyl sites for hydroxylation is 5. The molecular weight excluding hydrogens is 424 g/mol. The van der Waals surface area contributed by atoms with Gasteiger partial charge < -0.3 is 9.15 Å². The topological polar surface area (TPSA) is 109 Å². The van der Waals surface area contributed by atoms with Gasteiger partial charge in [-0.15, -0.1) is 0 Å². The fourth-order valence-electron chi connectivity index (χ4n) is 3.82. The Bertz CT molecular complexity index is 1540. The molecule has 3 aromatic heterocycles. The number of pyridine rings is 1. The molecule has 0 aliphatic heterocycles. The molecule has 0 fully saturated rings. The molecule has 0 spiro atoms. The fourth-order valence-corrected chi connectivity index (χ4v) is 3.82. The molecule has 0 radical (unpaired) electrons. The van der Waals surface area contributed by atoms with Crippen molar-refractivity contribution in [2.75, 3.05) is 7.11 Å². The first-order valence-corrected chi connectivity index (χ1v) is 10.4. The third-order valence-electron chi connectivity index (χ3n) is 5.65. The van der Waals surface area contributed by atoms with Crippen LogP contribution >= 0.6 is 0 Å². The van der Waals surface area contributed by atoms with Gasteiger partial charge in [0, 0.05) is 18.3 Å². The van der Waals surface area contributed by atoms with Gasteiger partial charge in [0.05, 0.1) is 24.6 Å². The molecule has 4 rings (SSSR count). The van der Waals surface area contributed by atoms with Crippen LogP contribution in [-0.2, 0) is 18.3 Å². The van der Waals surface area contributed by atoms with Gasteiger partial charge in [0.1, 0.15) is 17.1 Å². The summed E-state index contributed by atoms with van der Waals surface area (Å²) in [5.41, 5.74) is 2.80. The van der Waals surface area contributed by atoms with Crippen LogP contribution in [0.25, 0.3) is 22.5 Å². The summed E-state index contributed by atoms with van der Waals surface area (Å²) in [6.45, 7) is 7.23. The van der Waals surface area contributed by atoms with E-state index in [-0.39, 0.29) is 23.1 Å². The van der Waals surface area contributed by atoms with Crippen molar-refractivity contribution in [2.45, 2.75) is 34.2 Å². The van der Waals surface area contributed by atoms with Crippen LogP contribution < -0.4 is 11.2 Å². The highest BCUT2D eigenvalue weighted by Crippen LogP contribution is 2.26. The number of methoxy groups -OCH3 is 1. The van der Waals surface area contributed by atoms with E-state index >= 15 is 0 Å². The first kappa shape index (κ1) is 22.2. The first-order chi connectivity index (χ1) is 15.6. The Kier molecular flexibility index (Phi) is 5.49. The van der Waals surface area contributed by atoms with Gasteiger partial charge >= 0.3 is 11.7 Å². The van der Waals surface area contributed by atoms with E-state index in [1.807, 2.05) is 32.0 Å². The molecule has 0 aliphatic carbocycles. The fraction of sp³-hybridized carbons (Fsp3) is 0.292. The Morgan fingerprint density at radius 2 is 1.82 bits per heavy atom. The zero-order valence-corrected chi connectivity index (χ0v) is 19.3. The van der Waals surface area contributed by atoms with Crippen molar-refractivity contribution in [1.82, 2.24) is 19.1 Å². The minimum Gasteiger partial charge on any atom is -0.465 e. The summed E-state index contributed by atoms with van der Waals surface area (Å²) >= 11 is 0. The maximum Gasteiger partial charge on any atom is 0.338 e. The van der Waals surface area contributed by atoms with Crippen LogP contribution in [0.2, 0.25) is 0 Å². The summed E-state index contributed by atoms with van der Waals surface area (Å²) in [5.74, 6) is 0.236. The van der Waals surface area contributed by atoms with E-state index in [9.17, 15) is 14.4 Å². The van der Waals surface area contributed by atoms with Crippen molar-refractivity contribution in [3.05, 3.63) is 78.9 Å². The molecule has 3 heterocycles. The molecule has 0 N–H and O–H groups in total. The highest BCUT2D eigenvalue weighted by molar-refractivity contribution is 6.02. The number of aromatic nitrogens is 4. The average molecular weight is 448 g/mol. The summed E-state index contributed by atoms with van der Waals surface area (Å²) in [6.07, 6.45) is 0. The van der Waals surface area contributed by atoms with Gasteiger partial charge in [-0.25, -0.2) is 19.6 Å². The lowest BCUT2D eigenvalue weighted by molar-refractivity contribution is 0.0602. The monoisotopic (exact) mass is 448 g/mol. The second kappa shape index (κ2) is 8.16. The lowest BCUT2D eigenvalue weighted by Crippen LogP contribution is -2.40. The number of nitrogens with zero attached hydrogens (tertiary/aromatic N) is 4. The van der Waals surface area contributed by atoms with Gasteiger partial charge in [-0.3, -0.25) is 13.9 Å².